The normalized spacial score (nSPS) is 16.0. The van der Waals surface area contributed by atoms with E-state index < -0.39 is 0 Å². The molecule has 3 heterocycles. The summed E-state index contributed by atoms with van der Waals surface area (Å²) in [4.78, 5) is 16.5. The zero-order valence-electron chi connectivity index (χ0n) is 16.6. The summed E-state index contributed by atoms with van der Waals surface area (Å²) < 4.78 is 13.8. The number of aromatic nitrogens is 2. The third-order valence-corrected chi connectivity index (χ3v) is 5.88. The Labute approximate surface area is 168 Å². The highest BCUT2D eigenvalue weighted by Crippen LogP contribution is 2.32. The SMILES string of the molecule is Cc1nn(CC(C)C)c2sc(C(=O)N(C)C[C@@H]3COc4ccccc4O3)cc12. The Bertz CT molecular complexity index is 1010. The van der Waals surface area contributed by atoms with Gasteiger partial charge in [0, 0.05) is 19.0 Å². The van der Waals surface area contributed by atoms with Gasteiger partial charge in [-0.3, -0.25) is 9.48 Å². The molecule has 4 rings (SSSR count). The average Bonchev–Trinajstić information content (AvgIpc) is 3.22. The minimum Gasteiger partial charge on any atom is -0.486 e. The number of amides is 1. The number of nitrogens with zero attached hydrogens (tertiary/aromatic N) is 3. The first-order chi connectivity index (χ1) is 13.4. The summed E-state index contributed by atoms with van der Waals surface area (Å²) in [6, 6.07) is 9.58. The molecule has 1 aliphatic rings. The number of ether oxygens (including phenoxy) is 2. The molecule has 1 aliphatic heterocycles. The van der Waals surface area contributed by atoms with E-state index in [-0.39, 0.29) is 12.0 Å². The van der Waals surface area contributed by atoms with Crippen LogP contribution in [0.15, 0.2) is 30.3 Å². The molecule has 0 saturated heterocycles. The molecule has 0 radical (unpaired) electrons. The molecule has 0 aliphatic carbocycles. The lowest BCUT2D eigenvalue weighted by Gasteiger charge is -2.29. The minimum absolute atomic E-state index is 0.000782. The van der Waals surface area contributed by atoms with E-state index in [0.29, 0.717) is 19.1 Å². The summed E-state index contributed by atoms with van der Waals surface area (Å²) in [6.07, 6.45) is -0.184. The van der Waals surface area contributed by atoms with Crippen LogP contribution in [0.2, 0.25) is 0 Å². The number of likely N-dealkylation sites (N-methyl/N-ethyl adjacent to an activating group) is 1. The standard InChI is InChI=1S/C21H25N3O3S/c1-13(2)10-24-21-16(14(3)22-24)9-19(28-21)20(25)23(4)11-15-12-26-17-7-5-6-8-18(17)27-15/h5-9,13,15H,10-12H2,1-4H3/t15-/m1/s1. The Balaban J connectivity index is 1.48. The molecule has 1 amide bonds. The molecular formula is C21H25N3O3S. The van der Waals surface area contributed by atoms with Gasteiger partial charge in [-0.1, -0.05) is 26.0 Å². The second-order valence-corrected chi connectivity index (χ2v) is 8.70. The third-order valence-electron chi connectivity index (χ3n) is 4.75. The topological polar surface area (TPSA) is 56.6 Å². The maximum Gasteiger partial charge on any atom is 0.263 e. The lowest BCUT2D eigenvalue weighted by Crippen LogP contribution is -2.41. The van der Waals surface area contributed by atoms with Crippen LogP contribution in [0.5, 0.6) is 11.5 Å². The van der Waals surface area contributed by atoms with Crippen molar-refractivity contribution in [2.45, 2.75) is 33.4 Å². The van der Waals surface area contributed by atoms with E-state index in [0.717, 1.165) is 38.8 Å². The van der Waals surface area contributed by atoms with Crippen LogP contribution in [0, 0.1) is 12.8 Å². The summed E-state index contributed by atoms with van der Waals surface area (Å²) in [5.74, 6) is 1.98. The van der Waals surface area contributed by atoms with Crippen molar-refractivity contribution in [3.63, 3.8) is 0 Å². The number of rotatable bonds is 5. The number of benzene rings is 1. The summed E-state index contributed by atoms with van der Waals surface area (Å²) in [5, 5.41) is 5.68. The van der Waals surface area contributed by atoms with Gasteiger partial charge in [0.05, 0.1) is 17.1 Å². The van der Waals surface area contributed by atoms with E-state index >= 15 is 0 Å². The fraction of sp³-hybridized carbons (Fsp3) is 0.429. The fourth-order valence-corrected chi connectivity index (χ4v) is 4.58. The summed E-state index contributed by atoms with van der Waals surface area (Å²) >= 11 is 1.51. The molecule has 0 unspecified atom stereocenters. The van der Waals surface area contributed by atoms with Crippen molar-refractivity contribution in [1.29, 1.82) is 0 Å². The molecule has 3 aromatic rings. The van der Waals surface area contributed by atoms with Gasteiger partial charge in [-0.25, -0.2) is 0 Å². The van der Waals surface area contributed by atoms with Crippen molar-refractivity contribution in [2.24, 2.45) is 5.92 Å². The second kappa shape index (κ2) is 7.47. The highest BCUT2D eigenvalue weighted by atomic mass is 32.1. The Morgan fingerprint density at radius 3 is 2.86 bits per heavy atom. The van der Waals surface area contributed by atoms with E-state index in [2.05, 4.69) is 18.9 Å². The van der Waals surface area contributed by atoms with Crippen LogP contribution >= 0.6 is 11.3 Å². The van der Waals surface area contributed by atoms with Gasteiger partial charge in [0.1, 0.15) is 11.4 Å². The van der Waals surface area contributed by atoms with Gasteiger partial charge in [-0.05, 0) is 31.0 Å². The quantitative estimate of drug-likeness (QED) is 0.651. The monoisotopic (exact) mass is 399 g/mol. The Kier molecular flexibility index (Phi) is 5.02. The second-order valence-electron chi connectivity index (χ2n) is 7.67. The van der Waals surface area contributed by atoms with Crippen LogP contribution in [-0.4, -0.2) is 46.9 Å². The molecule has 6 nitrogen and oxygen atoms in total. The highest BCUT2D eigenvalue weighted by Gasteiger charge is 2.25. The molecule has 1 atom stereocenters. The average molecular weight is 400 g/mol. The maximum atomic E-state index is 13.0. The number of aryl methyl sites for hydroxylation is 1. The maximum absolute atomic E-state index is 13.0. The van der Waals surface area contributed by atoms with Gasteiger partial charge in [0.25, 0.3) is 5.91 Å². The molecule has 28 heavy (non-hydrogen) atoms. The van der Waals surface area contributed by atoms with Crippen LogP contribution in [0.1, 0.15) is 29.2 Å². The smallest absolute Gasteiger partial charge is 0.263 e. The summed E-state index contributed by atoms with van der Waals surface area (Å²) in [6.45, 7) is 8.08. The van der Waals surface area contributed by atoms with Crippen LogP contribution in [-0.2, 0) is 6.54 Å². The number of carbonyl (C=O) groups excluding carboxylic acids is 1. The van der Waals surface area contributed by atoms with Gasteiger partial charge in [-0.2, -0.15) is 5.10 Å². The largest absolute Gasteiger partial charge is 0.486 e. The first-order valence-electron chi connectivity index (χ1n) is 9.53. The van der Waals surface area contributed by atoms with Crippen LogP contribution < -0.4 is 9.47 Å². The molecule has 0 N–H and O–H groups in total. The number of hydrogen-bond acceptors (Lipinski definition) is 5. The zero-order valence-corrected chi connectivity index (χ0v) is 17.5. The molecule has 7 heteroatoms. The molecule has 1 aromatic carbocycles. The molecule has 148 valence electrons. The van der Waals surface area contributed by atoms with Crippen molar-refractivity contribution in [3.8, 4) is 11.5 Å². The van der Waals surface area contributed by atoms with Crippen molar-refractivity contribution < 1.29 is 14.3 Å². The summed E-state index contributed by atoms with van der Waals surface area (Å²) in [7, 11) is 1.81. The minimum atomic E-state index is -0.184. The zero-order chi connectivity index (χ0) is 19.8. The molecular weight excluding hydrogens is 374 g/mol. The van der Waals surface area contributed by atoms with Gasteiger partial charge in [0.15, 0.2) is 17.6 Å². The van der Waals surface area contributed by atoms with Gasteiger partial charge >= 0.3 is 0 Å². The number of para-hydroxylation sites is 2. The van der Waals surface area contributed by atoms with Crippen molar-refractivity contribution in [2.75, 3.05) is 20.2 Å². The number of fused-ring (bicyclic) bond motifs is 2. The van der Waals surface area contributed by atoms with Gasteiger partial charge in [0.2, 0.25) is 0 Å². The Hall–Kier alpha value is -2.54. The van der Waals surface area contributed by atoms with E-state index in [9.17, 15) is 4.79 Å². The molecule has 0 fully saturated rings. The van der Waals surface area contributed by atoms with Gasteiger partial charge in [-0.15, -0.1) is 11.3 Å². The van der Waals surface area contributed by atoms with Crippen molar-refractivity contribution in [1.82, 2.24) is 14.7 Å². The van der Waals surface area contributed by atoms with Gasteiger partial charge < -0.3 is 14.4 Å². The highest BCUT2D eigenvalue weighted by molar-refractivity contribution is 7.20. The Morgan fingerprint density at radius 1 is 1.36 bits per heavy atom. The first kappa shape index (κ1) is 18.8. The molecule has 0 bridgehead atoms. The first-order valence-corrected chi connectivity index (χ1v) is 10.3. The predicted molar refractivity (Wildman–Crippen MR) is 110 cm³/mol. The molecule has 0 saturated carbocycles. The van der Waals surface area contributed by atoms with E-state index in [1.807, 2.05) is 49.0 Å². The van der Waals surface area contributed by atoms with Crippen molar-refractivity contribution in [3.05, 3.63) is 40.9 Å². The van der Waals surface area contributed by atoms with Crippen LogP contribution in [0.4, 0.5) is 0 Å². The van der Waals surface area contributed by atoms with Crippen LogP contribution in [0.3, 0.4) is 0 Å². The Morgan fingerprint density at radius 2 is 2.11 bits per heavy atom. The number of carbonyl (C=O) groups is 1. The lowest BCUT2D eigenvalue weighted by molar-refractivity contribution is 0.0524. The van der Waals surface area contributed by atoms with Crippen molar-refractivity contribution >= 4 is 27.5 Å². The van der Waals surface area contributed by atoms with E-state index in [1.54, 1.807) is 4.90 Å². The predicted octanol–water partition coefficient (Wildman–Crippen LogP) is 3.97. The molecule has 0 spiro atoms. The van der Waals surface area contributed by atoms with E-state index in [4.69, 9.17) is 9.47 Å². The third kappa shape index (κ3) is 3.58. The van der Waals surface area contributed by atoms with Crippen LogP contribution in [0.25, 0.3) is 10.2 Å². The summed E-state index contributed by atoms with van der Waals surface area (Å²) in [5.41, 5.74) is 0.967. The fourth-order valence-electron chi connectivity index (χ4n) is 3.42. The number of thiophene rings is 1. The van der Waals surface area contributed by atoms with E-state index in [1.165, 1.54) is 11.3 Å². The molecule has 2 aromatic heterocycles. The number of hydrogen-bond donors (Lipinski definition) is 0. The lowest BCUT2D eigenvalue weighted by atomic mass is 10.2.